The summed E-state index contributed by atoms with van der Waals surface area (Å²) >= 11 is 7.10. The summed E-state index contributed by atoms with van der Waals surface area (Å²) < 4.78 is 1.96. The van der Waals surface area contributed by atoms with Crippen LogP contribution in [0.3, 0.4) is 0 Å². The second-order valence-electron chi connectivity index (χ2n) is 7.62. The normalized spacial score (nSPS) is 20.1. The molecule has 10 heteroatoms. The van der Waals surface area contributed by atoms with Crippen molar-refractivity contribution < 1.29 is 14.7 Å². The van der Waals surface area contributed by atoms with Crippen molar-refractivity contribution in [2.45, 2.75) is 24.9 Å². The molecule has 4 rings (SSSR count). The van der Waals surface area contributed by atoms with Crippen LogP contribution in [-0.4, -0.2) is 45.2 Å². The first-order valence-electron chi connectivity index (χ1n) is 10.1. The van der Waals surface area contributed by atoms with Gasteiger partial charge in [0, 0.05) is 42.3 Å². The Hall–Kier alpha value is -3.01. The number of carbonyl (C=O) groups excluding carboxylic acids is 2. The molecule has 3 N–H and O–H groups in total. The van der Waals surface area contributed by atoms with E-state index in [-0.39, 0.29) is 42.0 Å². The number of hydrogen-bond donors (Lipinski definition) is 3. The molecule has 0 aliphatic heterocycles. The standard InChI is InChI=1S/C22H21ClN4O4S/c23-19-6-5-18(32-19)22(31)26-17-10-13(12-28)9-16(17)25-21(30)14-1-3-15(4-2-14)27-8-7-24-11-20(27)29/h1-8,11,13,16-17,28H,9-10,12H2,(H,25,30)(H,26,31)/t13-,16-,17+/m0/s1. The number of nitrogens with zero attached hydrogens (tertiary/aromatic N) is 2. The van der Waals surface area contributed by atoms with Gasteiger partial charge in [-0.15, -0.1) is 11.3 Å². The Morgan fingerprint density at radius 3 is 2.38 bits per heavy atom. The number of amides is 2. The van der Waals surface area contributed by atoms with Gasteiger partial charge in [-0.05, 0) is 55.2 Å². The van der Waals surface area contributed by atoms with E-state index in [1.54, 1.807) is 42.6 Å². The van der Waals surface area contributed by atoms with E-state index >= 15 is 0 Å². The van der Waals surface area contributed by atoms with Gasteiger partial charge >= 0.3 is 0 Å². The van der Waals surface area contributed by atoms with E-state index in [0.717, 1.165) is 0 Å². The number of aromatic nitrogens is 2. The van der Waals surface area contributed by atoms with Crippen LogP contribution in [0.2, 0.25) is 4.34 Å². The van der Waals surface area contributed by atoms with Crippen LogP contribution in [0.15, 0.2) is 59.8 Å². The average molecular weight is 473 g/mol. The van der Waals surface area contributed by atoms with Crippen molar-refractivity contribution >= 4 is 34.8 Å². The lowest BCUT2D eigenvalue weighted by Crippen LogP contribution is -2.48. The van der Waals surface area contributed by atoms with Gasteiger partial charge in [0.2, 0.25) is 0 Å². The third-order valence-electron chi connectivity index (χ3n) is 5.48. The Bertz CT molecular complexity index is 1180. The maximum Gasteiger partial charge on any atom is 0.273 e. The summed E-state index contributed by atoms with van der Waals surface area (Å²) in [6, 6.07) is 9.33. The summed E-state index contributed by atoms with van der Waals surface area (Å²) in [6.07, 6.45) is 5.41. The molecule has 0 bridgehead atoms. The number of aliphatic hydroxyl groups excluding tert-OH is 1. The molecule has 1 aliphatic rings. The molecule has 0 saturated heterocycles. The summed E-state index contributed by atoms with van der Waals surface area (Å²) in [5.41, 5.74) is 0.782. The van der Waals surface area contributed by atoms with E-state index in [9.17, 15) is 19.5 Å². The molecular weight excluding hydrogens is 452 g/mol. The second-order valence-corrected chi connectivity index (χ2v) is 9.33. The number of nitrogens with one attached hydrogen (secondary N) is 2. The lowest BCUT2D eigenvalue weighted by Gasteiger charge is -2.22. The first kappa shape index (κ1) is 22.2. The van der Waals surface area contributed by atoms with Crippen LogP contribution in [0, 0.1) is 5.92 Å². The van der Waals surface area contributed by atoms with Crippen LogP contribution in [0.4, 0.5) is 0 Å². The number of benzene rings is 1. The van der Waals surface area contributed by atoms with Gasteiger partial charge in [0.05, 0.1) is 15.4 Å². The zero-order chi connectivity index (χ0) is 22.7. The highest BCUT2D eigenvalue weighted by Gasteiger charge is 2.36. The van der Waals surface area contributed by atoms with E-state index in [4.69, 9.17) is 11.6 Å². The van der Waals surface area contributed by atoms with Gasteiger partial charge in [0.25, 0.3) is 17.4 Å². The molecule has 32 heavy (non-hydrogen) atoms. The molecule has 166 valence electrons. The minimum absolute atomic E-state index is 0.0149. The SMILES string of the molecule is O=C(N[C@H]1C[C@H](CO)C[C@H]1NC(=O)c1ccc(Cl)s1)c1ccc(-n2ccncc2=O)cc1. The molecule has 0 spiro atoms. The van der Waals surface area contributed by atoms with Crippen molar-refractivity contribution in [3.05, 3.63) is 80.1 Å². The molecule has 3 aromatic rings. The van der Waals surface area contributed by atoms with Crippen molar-refractivity contribution in [1.82, 2.24) is 20.2 Å². The van der Waals surface area contributed by atoms with Crippen LogP contribution in [0.5, 0.6) is 0 Å². The highest BCUT2D eigenvalue weighted by Crippen LogP contribution is 2.27. The summed E-state index contributed by atoms with van der Waals surface area (Å²) in [5, 5.41) is 15.5. The predicted molar refractivity (Wildman–Crippen MR) is 121 cm³/mol. The van der Waals surface area contributed by atoms with Crippen molar-refractivity contribution in [1.29, 1.82) is 0 Å². The number of hydrogen-bond acceptors (Lipinski definition) is 6. The van der Waals surface area contributed by atoms with Gasteiger partial charge in [-0.2, -0.15) is 0 Å². The van der Waals surface area contributed by atoms with E-state index in [1.807, 2.05) is 0 Å². The van der Waals surface area contributed by atoms with Gasteiger partial charge in [-0.25, -0.2) is 0 Å². The molecule has 0 unspecified atom stereocenters. The van der Waals surface area contributed by atoms with Crippen LogP contribution in [0.1, 0.15) is 32.9 Å². The monoisotopic (exact) mass is 472 g/mol. The summed E-state index contributed by atoms with van der Waals surface area (Å²) in [4.78, 5) is 41.6. The number of aliphatic hydroxyl groups is 1. The van der Waals surface area contributed by atoms with E-state index < -0.39 is 0 Å². The molecule has 3 atom stereocenters. The minimum atomic E-state index is -0.318. The quantitative estimate of drug-likeness (QED) is 0.509. The predicted octanol–water partition coefficient (Wildman–Crippen LogP) is 2.25. The van der Waals surface area contributed by atoms with Crippen molar-refractivity contribution in [2.75, 3.05) is 6.61 Å². The van der Waals surface area contributed by atoms with Crippen LogP contribution >= 0.6 is 22.9 Å². The molecule has 2 aromatic heterocycles. The maximum atomic E-state index is 12.8. The highest BCUT2D eigenvalue weighted by atomic mass is 35.5. The molecule has 1 fully saturated rings. The highest BCUT2D eigenvalue weighted by molar-refractivity contribution is 7.18. The Morgan fingerprint density at radius 1 is 1.09 bits per heavy atom. The Kier molecular flexibility index (Phi) is 6.69. The fourth-order valence-electron chi connectivity index (χ4n) is 3.87. The lowest BCUT2D eigenvalue weighted by molar-refractivity contribution is 0.0894. The van der Waals surface area contributed by atoms with Crippen molar-refractivity contribution in [2.24, 2.45) is 5.92 Å². The van der Waals surface area contributed by atoms with E-state index in [2.05, 4.69) is 15.6 Å². The zero-order valence-corrected chi connectivity index (χ0v) is 18.5. The smallest absolute Gasteiger partial charge is 0.273 e. The first-order chi connectivity index (χ1) is 15.4. The maximum absolute atomic E-state index is 12.8. The van der Waals surface area contributed by atoms with Gasteiger partial charge in [0.1, 0.15) is 0 Å². The average Bonchev–Trinajstić information content (AvgIpc) is 3.40. The molecule has 1 aromatic carbocycles. The molecule has 2 heterocycles. The topological polar surface area (TPSA) is 113 Å². The molecular formula is C22H21ClN4O4S. The number of rotatable bonds is 6. The molecule has 2 amide bonds. The number of thiophene rings is 1. The van der Waals surface area contributed by atoms with Crippen LogP contribution in [0.25, 0.3) is 5.69 Å². The zero-order valence-electron chi connectivity index (χ0n) is 16.9. The number of halogens is 1. The molecule has 8 nitrogen and oxygen atoms in total. The van der Waals surface area contributed by atoms with Crippen molar-refractivity contribution in [3.63, 3.8) is 0 Å². The van der Waals surface area contributed by atoms with Crippen LogP contribution < -0.4 is 16.2 Å². The second kappa shape index (κ2) is 9.64. The summed E-state index contributed by atoms with van der Waals surface area (Å²) in [6.45, 7) is -0.0149. The van der Waals surface area contributed by atoms with Crippen molar-refractivity contribution in [3.8, 4) is 5.69 Å². The number of carbonyl (C=O) groups is 2. The van der Waals surface area contributed by atoms with Gasteiger partial charge in [0.15, 0.2) is 0 Å². The van der Waals surface area contributed by atoms with Crippen LogP contribution in [-0.2, 0) is 0 Å². The first-order valence-corrected chi connectivity index (χ1v) is 11.2. The Labute approximate surface area is 192 Å². The molecule has 1 aliphatic carbocycles. The Balaban J connectivity index is 1.45. The third-order valence-corrected chi connectivity index (χ3v) is 6.71. The van der Waals surface area contributed by atoms with Gasteiger partial charge in [-0.1, -0.05) is 11.6 Å². The fraction of sp³-hybridized carbons (Fsp3) is 0.273. The van der Waals surface area contributed by atoms with Gasteiger partial charge < -0.3 is 15.7 Å². The molecule has 1 saturated carbocycles. The fourth-order valence-corrected chi connectivity index (χ4v) is 4.82. The van der Waals surface area contributed by atoms with E-state index in [0.29, 0.717) is 33.3 Å². The lowest BCUT2D eigenvalue weighted by atomic mass is 10.1. The summed E-state index contributed by atoms with van der Waals surface area (Å²) in [7, 11) is 0. The molecule has 0 radical (unpaired) electrons. The minimum Gasteiger partial charge on any atom is -0.396 e. The largest absolute Gasteiger partial charge is 0.396 e. The van der Waals surface area contributed by atoms with Gasteiger partial charge in [-0.3, -0.25) is 23.9 Å². The Morgan fingerprint density at radius 2 is 1.78 bits per heavy atom. The summed E-state index contributed by atoms with van der Waals surface area (Å²) in [5.74, 6) is -0.559. The van der Waals surface area contributed by atoms with E-state index in [1.165, 1.54) is 28.3 Å². The third kappa shape index (κ3) is 4.90.